The van der Waals surface area contributed by atoms with Crippen LogP contribution in [0.5, 0.6) is 0 Å². The van der Waals surface area contributed by atoms with E-state index in [2.05, 4.69) is 5.32 Å². The fourth-order valence-electron chi connectivity index (χ4n) is 2.65. The van der Waals surface area contributed by atoms with Gasteiger partial charge in [0.25, 0.3) is 0 Å². The second kappa shape index (κ2) is 5.90. The molecular formula is C14H26N2O3. The molecule has 0 aromatic carbocycles. The first-order chi connectivity index (χ1) is 8.73. The first-order valence-corrected chi connectivity index (χ1v) is 7.02. The zero-order chi connectivity index (χ0) is 14.7. The number of hydrogen-bond acceptors (Lipinski definition) is 3. The van der Waals surface area contributed by atoms with Crippen LogP contribution >= 0.6 is 0 Å². The molecule has 0 aromatic heterocycles. The molecule has 19 heavy (non-hydrogen) atoms. The molecule has 110 valence electrons. The summed E-state index contributed by atoms with van der Waals surface area (Å²) in [6.45, 7) is 8.98. The average molecular weight is 270 g/mol. The molecule has 5 heteroatoms. The number of hydrogen-bond donors (Lipinski definition) is 2. The molecule has 1 heterocycles. The fourth-order valence-corrected chi connectivity index (χ4v) is 2.65. The van der Waals surface area contributed by atoms with E-state index >= 15 is 0 Å². The normalized spacial score (nSPS) is 23.4. The topological polar surface area (TPSA) is 69.6 Å². The second-order valence-corrected chi connectivity index (χ2v) is 6.24. The molecule has 0 aliphatic carbocycles. The van der Waals surface area contributed by atoms with Crippen molar-refractivity contribution in [1.82, 2.24) is 10.2 Å². The van der Waals surface area contributed by atoms with E-state index in [0.29, 0.717) is 0 Å². The molecule has 1 amide bonds. The number of carboxylic acids is 1. The van der Waals surface area contributed by atoms with Crippen LogP contribution in [0, 0.1) is 0 Å². The Morgan fingerprint density at radius 1 is 1.37 bits per heavy atom. The molecule has 1 fully saturated rings. The van der Waals surface area contributed by atoms with Gasteiger partial charge < -0.3 is 15.3 Å². The highest BCUT2D eigenvalue weighted by Crippen LogP contribution is 2.28. The Kier molecular flexibility index (Phi) is 4.96. The molecule has 1 aliphatic rings. The second-order valence-electron chi connectivity index (χ2n) is 6.24. The van der Waals surface area contributed by atoms with Crippen molar-refractivity contribution in [2.24, 2.45) is 0 Å². The van der Waals surface area contributed by atoms with Crippen molar-refractivity contribution >= 4 is 11.9 Å². The lowest BCUT2D eigenvalue weighted by atomic mass is 9.90. The Bertz CT molecular complexity index is 341. The fraction of sp³-hybridized carbons (Fsp3) is 0.857. The van der Waals surface area contributed by atoms with Crippen LogP contribution in [-0.4, -0.2) is 46.1 Å². The standard InChI is InChI=1S/C14H26N2O3/c1-5-14(8-6-9-15-14)12(19)16(13(2,3)4)10-7-11(17)18/h15H,5-10H2,1-4H3,(H,17,18). The summed E-state index contributed by atoms with van der Waals surface area (Å²) in [7, 11) is 0. The number of carboxylic acid groups (broad SMARTS) is 1. The van der Waals surface area contributed by atoms with Gasteiger partial charge >= 0.3 is 5.97 Å². The summed E-state index contributed by atoms with van der Waals surface area (Å²) < 4.78 is 0. The Balaban J connectivity index is 2.90. The maximum absolute atomic E-state index is 12.8. The molecule has 1 rings (SSSR count). The monoisotopic (exact) mass is 270 g/mol. The first kappa shape index (κ1) is 16.0. The number of amides is 1. The van der Waals surface area contributed by atoms with Gasteiger partial charge in [0, 0.05) is 12.1 Å². The molecule has 0 radical (unpaired) electrons. The summed E-state index contributed by atoms with van der Waals surface area (Å²) in [5, 5.41) is 12.2. The van der Waals surface area contributed by atoms with Crippen LogP contribution < -0.4 is 5.32 Å². The molecule has 2 N–H and O–H groups in total. The summed E-state index contributed by atoms with van der Waals surface area (Å²) in [5.74, 6) is -0.826. The lowest BCUT2D eigenvalue weighted by Crippen LogP contribution is -2.59. The van der Waals surface area contributed by atoms with Crippen molar-refractivity contribution in [3.8, 4) is 0 Å². The minimum absolute atomic E-state index is 0.0111. The highest BCUT2D eigenvalue weighted by molar-refractivity contribution is 5.87. The molecule has 1 atom stereocenters. The minimum Gasteiger partial charge on any atom is -0.481 e. The van der Waals surface area contributed by atoms with Crippen LogP contribution in [-0.2, 0) is 9.59 Å². The Labute approximate surface area is 115 Å². The highest BCUT2D eigenvalue weighted by atomic mass is 16.4. The Morgan fingerprint density at radius 2 is 2.00 bits per heavy atom. The van der Waals surface area contributed by atoms with E-state index in [0.717, 1.165) is 25.8 Å². The SMILES string of the molecule is CCC1(C(=O)N(CCC(=O)O)C(C)(C)C)CCCN1. The average Bonchev–Trinajstić information content (AvgIpc) is 2.76. The number of rotatable bonds is 5. The predicted molar refractivity (Wildman–Crippen MR) is 74.0 cm³/mol. The van der Waals surface area contributed by atoms with Crippen molar-refractivity contribution < 1.29 is 14.7 Å². The molecule has 1 aliphatic heterocycles. The van der Waals surface area contributed by atoms with Gasteiger partial charge in [-0.3, -0.25) is 9.59 Å². The summed E-state index contributed by atoms with van der Waals surface area (Å²) in [4.78, 5) is 25.3. The smallest absolute Gasteiger partial charge is 0.305 e. The molecule has 0 spiro atoms. The van der Waals surface area contributed by atoms with Crippen LogP contribution in [0.15, 0.2) is 0 Å². The number of nitrogens with one attached hydrogen (secondary N) is 1. The highest BCUT2D eigenvalue weighted by Gasteiger charge is 2.44. The largest absolute Gasteiger partial charge is 0.481 e. The quantitative estimate of drug-likeness (QED) is 0.796. The van der Waals surface area contributed by atoms with Crippen LogP contribution in [0.3, 0.4) is 0 Å². The summed E-state index contributed by atoms with van der Waals surface area (Å²) in [5.41, 5.74) is -0.856. The molecule has 0 saturated carbocycles. The van der Waals surface area contributed by atoms with E-state index in [1.165, 1.54) is 0 Å². The Hall–Kier alpha value is -1.10. The zero-order valence-corrected chi connectivity index (χ0v) is 12.5. The third-order valence-electron chi connectivity index (χ3n) is 3.86. The van der Waals surface area contributed by atoms with E-state index in [4.69, 9.17) is 5.11 Å². The van der Waals surface area contributed by atoms with Gasteiger partial charge in [0.15, 0.2) is 0 Å². The maximum atomic E-state index is 12.8. The van der Waals surface area contributed by atoms with Gasteiger partial charge in [-0.15, -0.1) is 0 Å². The molecule has 1 saturated heterocycles. The van der Waals surface area contributed by atoms with Crippen LogP contribution in [0.2, 0.25) is 0 Å². The predicted octanol–water partition coefficient (Wildman–Crippen LogP) is 1.62. The van der Waals surface area contributed by atoms with Gasteiger partial charge in [0.1, 0.15) is 0 Å². The van der Waals surface area contributed by atoms with Gasteiger partial charge in [-0.2, -0.15) is 0 Å². The lowest BCUT2D eigenvalue weighted by molar-refractivity contribution is -0.145. The number of carbonyl (C=O) groups is 2. The summed E-state index contributed by atoms with van der Waals surface area (Å²) >= 11 is 0. The van der Waals surface area contributed by atoms with Crippen molar-refractivity contribution in [3.05, 3.63) is 0 Å². The van der Waals surface area contributed by atoms with E-state index in [1.807, 2.05) is 27.7 Å². The van der Waals surface area contributed by atoms with E-state index in [9.17, 15) is 9.59 Å². The number of carbonyl (C=O) groups excluding carboxylic acids is 1. The Morgan fingerprint density at radius 3 is 2.37 bits per heavy atom. The molecule has 1 unspecified atom stereocenters. The third-order valence-corrected chi connectivity index (χ3v) is 3.86. The van der Waals surface area contributed by atoms with E-state index < -0.39 is 11.5 Å². The number of nitrogens with zero attached hydrogens (tertiary/aromatic N) is 1. The molecule has 0 aromatic rings. The van der Waals surface area contributed by atoms with Crippen molar-refractivity contribution in [2.45, 2.75) is 64.5 Å². The molecule has 5 nitrogen and oxygen atoms in total. The van der Waals surface area contributed by atoms with Crippen LogP contribution in [0.4, 0.5) is 0 Å². The van der Waals surface area contributed by atoms with Gasteiger partial charge in [-0.25, -0.2) is 0 Å². The van der Waals surface area contributed by atoms with Crippen LogP contribution in [0.1, 0.15) is 53.4 Å². The first-order valence-electron chi connectivity index (χ1n) is 7.02. The van der Waals surface area contributed by atoms with E-state index in [-0.39, 0.29) is 24.4 Å². The van der Waals surface area contributed by atoms with Gasteiger partial charge in [0.05, 0.1) is 12.0 Å². The van der Waals surface area contributed by atoms with Gasteiger partial charge in [0.2, 0.25) is 5.91 Å². The minimum atomic E-state index is -0.869. The molecule has 0 bridgehead atoms. The maximum Gasteiger partial charge on any atom is 0.305 e. The third kappa shape index (κ3) is 3.69. The van der Waals surface area contributed by atoms with Crippen molar-refractivity contribution in [1.29, 1.82) is 0 Å². The lowest BCUT2D eigenvalue weighted by Gasteiger charge is -2.41. The van der Waals surface area contributed by atoms with E-state index in [1.54, 1.807) is 4.90 Å². The summed E-state index contributed by atoms with van der Waals surface area (Å²) in [6.07, 6.45) is 2.56. The molecular weight excluding hydrogens is 244 g/mol. The van der Waals surface area contributed by atoms with Gasteiger partial charge in [-0.1, -0.05) is 6.92 Å². The number of aliphatic carboxylic acids is 1. The van der Waals surface area contributed by atoms with Crippen LogP contribution in [0.25, 0.3) is 0 Å². The summed E-state index contributed by atoms with van der Waals surface area (Å²) in [6, 6.07) is 0. The van der Waals surface area contributed by atoms with Crippen molar-refractivity contribution in [2.75, 3.05) is 13.1 Å². The van der Waals surface area contributed by atoms with Gasteiger partial charge in [-0.05, 0) is 46.6 Å². The zero-order valence-electron chi connectivity index (χ0n) is 12.5. The van der Waals surface area contributed by atoms with Crippen molar-refractivity contribution in [3.63, 3.8) is 0 Å².